The van der Waals surface area contributed by atoms with Gasteiger partial charge in [0.2, 0.25) is 0 Å². The summed E-state index contributed by atoms with van der Waals surface area (Å²) in [6.07, 6.45) is -3.26. The lowest BCUT2D eigenvalue weighted by molar-refractivity contribution is -0.137. The number of hydrogen-bond acceptors (Lipinski definition) is 3. The number of nitrogens with zero attached hydrogens (tertiary/aromatic N) is 1. The fraction of sp³-hybridized carbons (Fsp3) is 0.500. The summed E-state index contributed by atoms with van der Waals surface area (Å²) >= 11 is 0. The zero-order valence-electron chi connectivity index (χ0n) is 9.01. The van der Waals surface area contributed by atoms with Crippen LogP contribution in [0.3, 0.4) is 0 Å². The maximum Gasteiger partial charge on any atom is 0.419 e. The van der Waals surface area contributed by atoms with Gasteiger partial charge in [0.1, 0.15) is 5.82 Å². The number of ether oxygens (including phenoxy) is 1. The number of aromatic nitrogens is 1. The minimum Gasteiger partial charge on any atom is -0.380 e. The lowest BCUT2D eigenvalue weighted by Gasteiger charge is -2.15. The van der Waals surface area contributed by atoms with Crippen LogP contribution in [0.5, 0.6) is 0 Å². The van der Waals surface area contributed by atoms with Crippen LogP contribution < -0.4 is 5.32 Å². The fourth-order valence-electron chi connectivity index (χ4n) is 1.10. The van der Waals surface area contributed by atoms with Crippen molar-refractivity contribution in [3.63, 3.8) is 0 Å². The second kappa shape index (κ2) is 5.16. The van der Waals surface area contributed by atoms with Crippen molar-refractivity contribution in [3.05, 3.63) is 23.9 Å². The van der Waals surface area contributed by atoms with Crippen molar-refractivity contribution in [2.24, 2.45) is 0 Å². The summed E-state index contributed by atoms with van der Waals surface area (Å²) in [5.41, 5.74) is -0.765. The summed E-state index contributed by atoms with van der Waals surface area (Å²) < 4.78 is 42.6. The molecule has 0 saturated heterocycles. The fourth-order valence-corrected chi connectivity index (χ4v) is 1.10. The van der Waals surface area contributed by atoms with Crippen LogP contribution >= 0.6 is 0 Å². The maximum absolute atomic E-state index is 12.5. The van der Waals surface area contributed by atoms with Crippen LogP contribution in [-0.4, -0.2) is 24.7 Å². The predicted molar refractivity (Wildman–Crippen MR) is 54.2 cm³/mol. The SMILES string of the molecule is COC(C)CNc1ncccc1C(F)(F)F. The molecule has 1 aromatic heterocycles. The molecule has 0 bridgehead atoms. The van der Waals surface area contributed by atoms with Gasteiger partial charge in [0.25, 0.3) is 0 Å². The van der Waals surface area contributed by atoms with E-state index in [0.717, 1.165) is 6.07 Å². The molecule has 1 heterocycles. The van der Waals surface area contributed by atoms with Gasteiger partial charge >= 0.3 is 6.18 Å². The first kappa shape index (κ1) is 12.8. The van der Waals surface area contributed by atoms with E-state index in [2.05, 4.69) is 10.3 Å². The predicted octanol–water partition coefficient (Wildman–Crippen LogP) is 2.55. The molecule has 1 atom stereocenters. The van der Waals surface area contributed by atoms with Crippen molar-refractivity contribution in [1.82, 2.24) is 4.98 Å². The topological polar surface area (TPSA) is 34.1 Å². The van der Waals surface area contributed by atoms with E-state index in [4.69, 9.17) is 4.74 Å². The number of alkyl halides is 3. The van der Waals surface area contributed by atoms with Gasteiger partial charge in [-0.25, -0.2) is 4.98 Å². The molecule has 0 spiro atoms. The average Bonchev–Trinajstić information content (AvgIpc) is 2.25. The Kier molecular flexibility index (Phi) is 4.12. The Labute approximate surface area is 91.6 Å². The van der Waals surface area contributed by atoms with Gasteiger partial charge in [0.05, 0.1) is 11.7 Å². The first-order chi connectivity index (χ1) is 7.45. The van der Waals surface area contributed by atoms with Gasteiger partial charge in [0.15, 0.2) is 0 Å². The van der Waals surface area contributed by atoms with E-state index < -0.39 is 11.7 Å². The number of halogens is 3. The lowest BCUT2D eigenvalue weighted by atomic mass is 10.2. The zero-order valence-corrected chi connectivity index (χ0v) is 9.01. The Morgan fingerprint density at radius 1 is 1.50 bits per heavy atom. The number of pyridine rings is 1. The summed E-state index contributed by atoms with van der Waals surface area (Å²) in [7, 11) is 1.50. The molecule has 6 heteroatoms. The van der Waals surface area contributed by atoms with Crippen LogP contribution in [0, 0.1) is 0 Å². The second-order valence-corrected chi connectivity index (χ2v) is 3.32. The standard InChI is InChI=1S/C10H13F3N2O/c1-7(16-2)6-15-9-8(10(11,12)13)4-3-5-14-9/h3-5,7H,6H2,1-2H3,(H,14,15). The van der Waals surface area contributed by atoms with Gasteiger partial charge in [-0.1, -0.05) is 0 Å². The molecule has 0 saturated carbocycles. The lowest BCUT2D eigenvalue weighted by Crippen LogP contribution is -2.21. The van der Waals surface area contributed by atoms with E-state index in [1.54, 1.807) is 6.92 Å². The molecule has 1 unspecified atom stereocenters. The monoisotopic (exact) mass is 234 g/mol. The summed E-state index contributed by atoms with van der Waals surface area (Å²) in [4.78, 5) is 3.66. The molecule has 1 N–H and O–H groups in total. The van der Waals surface area contributed by atoms with E-state index in [9.17, 15) is 13.2 Å². The Balaban J connectivity index is 2.80. The molecule has 16 heavy (non-hydrogen) atoms. The Hall–Kier alpha value is -1.30. The molecule has 0 aliphatic carbocycles. The zero-order chi connectivity index (χ0) is 12.2. The van der Waals surface area contributed by atoms with Gasteiger partial charge in [-0.2, -0.15) is 13.2 Å². The van der Waals surface area contributed by atoms with Crippen molar-refractivity contribution in [2.75, 3.05) is 19.0 Å². The third-order valence-corrected chi connectivity index (χ3v) is 2.07. The van der Waals surface area contributed by atoms with Gasteiger partial charge in [-0.3, -0.25) is 0 Å². The number of nitrogens with one attached hydrogen (secondary N) is 1. The highest BCUT2D eigenvalue weighted by molar-refractivity contribution is 5.45. The highest BCUT2D eigenvalue weighted by atomic mass is 19.4. The summed E-state index contributed by atoms with van der Waals surface area (Å²) in [5, 5.41) is 2.61. The third kappa shape index (κ3) is 3.37. The van der Waals surface area contributed by atoms with Crippen LogP contribution in [0.25, 0.3) is 0 Å². The molecule has 0 radical (unpaired) electrons. The Morgan fingerprint density at radius 2 is 2.19 bits per heavy atom. The molecular formula is C10H13F3N2O. The Bertz CT molecular complexity index is 341. The smallest absolute Gasteiger partial charge is 0.380 e. The van der Waals surface area contributed by atoms with Crippen molar-refractivity contribution in [3.8, 4) is 0 Å². The van der Waals surface area contributed by atoms with Crippen LogP contribution in [0.15, 0.2) is 18.3 Å². The van der Waals surface area contributed by atoms with Gasteiger partial charge in [-0.05, 0) is 19.1 Å². The number of rotatable bonds is 4. The molecule has 3 nitrogen and oxygen atoms in total. The molecule has 90 valence electrons. The van der Waals surface area contributed by atoms with Crippen molar-refractivity contribution in [2.45, 2.75) is 19.2 Å². The molecular weight excluding hydrogens is 221 g/mol. The summed E-state index contributed by atoms with van der Waals surface area (Å²) in [6, 6.07) is 2.25. The highest BCUT2D eigenvalue weighted by Crippen LogP contribution is 2.33. The molecule has 1 rings (SSSR count). The van der Waals surface area contributed by atoms with Crippen LogP contribution in [0.1, 0.15) is 12.5 Å². The Morgan fingerprint density at radius 3 is 2.75 bits per heavy atom. The average molecular weight is 234 g/mol. The highest BCUT2D eigenvalue weighted by Gasteiger charge is 2.33. The molecule has 1 aromatic rings. The minimum absolute atomic E-state index is 0.168. The van der Waals surface area contributed by atoms with E-state index in [0.29, 0.717) is 0 Å². The number of hydrogen-bond donors (Lipinski definition) is 1. The van der Waals surface area contributed by atoms with Crippen LogP contribution in [0.2, 0.25) is 0 Å². The number of anilines is 1. The summed E-state index contributed by atoms with van der Waals surface area (Å²) in [6.45, 7) is 2.03. The minimum atomic E-state index is -4.40. The molecule has 0 aromatic carbocycles. The summed E-state index contributed by atoms with van der Waals surface area (Å²) in [5.74, 6) is -0.168. The molecule has 0 aliphatic rings. The molecule has 0 amide bonds. The quantitative estimate of drug-likeness (QED) is 0.869. The molecule has 0 fully saturated rings. The largest absolute Gasteiger partial charge is 0.419 e. The van der Waals surface area contributed by atoms with Crippen molar-refractivity contribution in [1.29, 1.82) is 0 Å². The normalized spacial score (nSPS) is 13.6. The second-order valence-electron chi connectivity index (χ2n) is 3.32. The van der Waals surface area contributed by atoms with Gasteiger partial charge < -0.3 is 10.1 Å². The van der Waals surface area contributed by atoms with E-state index in [-0.39, 0.29) is 18.5 Å². The maximum atomic E-state index is 12.5. The van der Waals surface area contributed by atoms with E-state index in [1.807, 2.05) is 0 Å². The first-order valence-electron chi connectivity index (χ1n) is 4.74. The van der Waals surface area contributed by atoms with E-state index >= 15 is 0 Å². The van der Waals surface area contributed by atoms with E-state index in [1.165, 1.54) is 19.4 Å². The number of methoxy groups -OCH3 is 1. The molecule has 0 aliphatic heterocycles. The van der Waals surface area contributed by atoms with Crippen molar-refractivity contribution >= 4 is 5.82 Å². The van der Waals surface area contributed by atoms with Crippen LogP contribution in [-0.2, 0) is 10.9 Å². The van der Waals surface area contributed by atoms with Crippen LogP contribution in [0.4, 0.5) is 19.0 Å². The van der Waals surface area contributed by atoms with Gasteiger partial charge in [-0.15, -0.1) is 0 Å². The van der Waals surface area contributed by atoms with Gasteiger partial charge in [0, 0.05) is 19.9 Å². The third-order valence-electron chi connectivity index (χ3n) is 2.07. The van der Waals surface area contributed by atoms with Crippen molar-refractivity contribution < 1.29 is 17.9 Å². The first-order valence-corrected chi connectivity index (χ1v) is 4.74.